The van der Waals surface area contributed by atoms with Gasteiger partial charge in [0.1, 0.15) is 13.2 Å². The van der Waals surface area contributed by atoms with Gasteiger partial charge < -0.3 is 10.1 Å². The van der Waals surface area contributed by atoms with Crippen LogP contribution in [0.3, 0.4) is 0 Å². The molecule has 0 spiro atoms. The quantitative estimate of drug-likeness (QED) is 0.535. The highest BCUT2D eigenvalue weighted by molar-refractivity contribution is 7.99. The average molecular weight is 446 g/mol. The first-order chi connectivity index (χ1) is 14.6. The zero-order valence-corrected chi connectivity index (χ0v) is 17.8. The molecule has 0 fully saturated rings. The fourth-order valence-electron chi connectivity index (χ4n) is 2.57. The molecule has 1 aromatic heterocycles. The van der Waals surface area contributed by atoms with Gasteiger partial charge in [0.05, 0.1) is 11.1 Å². The number of aromatic nitrogens is 4. The fraction of sp³-hybridized carbons (Fsp3) is 0.250. The molecule has 3 aromatic rings. The number of carbonyl (C=O) groups excluding carboxylic acids is 2. The Morgan fingerprint density at radius 1 is 1.17 bits per heavy atom. The van der Waals surface area contributed by atoms with Crippen LogP contribution in [0, 0.1) is 0 Å². The SMILES string of the molecule is CCC(NC(=O)OCc1ccccc1)C(=O)Cn1nnnc1Sc1ccccc1Cl. The summed E-state index contributed by atoms with van der Waals surface area (Å²) in [5.74, 6) is -0.234. The van der Waals surface area contributed by atoms with E-state index in [0.29, 0.717) is 16.6 Å². The number of benzene rings is 2. The van der Waals surface area contributed by atoms with Crippen LogP contribution in [0.1, 0.15) is 18.9 Å². The number of halogens is 1. The Balaban J connectivity index is 1.57. The number of ether oxygens (including phenoxy) is 1. The van der Waals surface area contributed by atoms with Crippen molar-refractivity contribution in [2.24, 2.45) is 0 Å². The minimum Gasteiger partial charge on any atom is -0.445 e. The van der Waals surface area contributed by atoms with E-state index in [0.717, 1.165) is 10.5 Å². The normalized spacial score (nSPS) is 11.7. The summed E-state index contributed by atoms with van der Waals surface area (Å²) < 4.78 is 6.58. The monoisotopic (exact) mass is 445 g/mol. The summed E-state index contributed by atoms with van der Waals surface area (Å²) in [5.41, 5.74) is 0.863. The van der Waals surface area contributed by atoms with E-state index in [1.165, 1.54) is 16.4 Å². The van der Waals surface area contributed by atoms with Crippen molar-refractivity contribution in [3.8, 4) is 0 Å². The number of tetrazole rings is 1. The van der Waals surface area contributed by atoms with Gasteiger partial charge in [0.15, 0.2) is 5.78 Å². The van der Waals surface area contributed by atoms with Crippen molar-refractivity contribution in [1.29, 1.82) is 0 Å². The summed E-state index contributed by atoms with van der Waals surface area (Å²) in [6, 6.07) is 15.9. The number of hydrogen-bond donors (Lipinski definition) is 1. The van der Waals surface area contributed by atoms with Gasteiger partial charge >= 0.3 is 6.09 Å². The van der Waals surface area contributed by atoms with Gasteiger partial charge in [-0.05, 0) is 46.3 Å². The van der Waals surface area contributed by atoms with E-state index in [9.17, 15) is 9.59 Å². The Labute approximate surface area is 182 Å². The van der Waals surface area contributed by atoms with Crippen molar-refractivity contribution in [3.05, 3.63) is 65.2 Å². The molecule has 156 valence electrons. The maximum absolute atomic E-state index is 12.7. The molecule has 3 rings (SSSR count). The molecule has 1 atom stereocenters. The summed E-state index contributed by atoms with van der Waals surface area (Å²) in [7, 11) is 0. The highest BCUT2D eigenvalue weighted by Gasteiger charge is 2.22. The van der Waals surface area contributed by atoms with Crippen molar-refractivity contribution in [2.75, 3.05) is 0 Å². The van der Waals surface area contributed by atoms with Gasteiger partial charge in [-0.3, -0.25) is 4.79 Å². The molecule has 10 heteroatoms. The predicted octanol–water partition coefficient (Wildman–Crippen LogP) is 3.75. The minimum absolute atomic E-state index is 0.0861. The van der Waals surface area contributed by atoms with E-state index in [4.69, 9.17) is 16.3 Å². The van der Waals surface area contributed by atoms with Crippen LogP contribution in [0.2, 0.25) is 5.02 Å². The fourth-order valence-corrected chi connectivity index (χ4v) is 3.61. The van der Waals surface area contributed by atoms with Crippen molar-refractivity contribution >= 4 is 35.2 Å². The summed E-state index contributed by atoms with van der Waals surface area (Å²) in [4.78, 5) is 25.6. The molecule has 2 aromatic carbocycles. The number of rotatable bonds is 9. The highest BCUT2D eigenvalue weighted by Crippen LogP contribution is 2.31. The molecular weight excluding hydrogens is 426 g/mol. The summed E-state index contributed by atoms with van der Waals surface area (Å²) >= 11 is 7.44. The van der Waals surface area contributed by atoms with Gasteiger partial charge in [-0.25, -0.2) is 9.48 Å². The third-order valence-electron chi connectivity index (χ3n) is 4.14. The maximum atomic E-state index is 12.7. The third-order valence-corrected chi connectivity index (χ3v) is 5.64. The van der Waals surface area contributed by atoms with Crippen LogP contribution in [0.25, 0.3) is 0 Å². The van der Waals surface area contributed by atoms with E-state index in [-0.39, 0.29) is 18.9 Å². The number of Topliss-reactive ketones (excluding diaryl/α,β-unsaturated/α-hetero) is 1. The van der Waals surface area contributed by atoms with Gasteiger partial charge in [-0.2, -0.15) is 0 Å². The molecule has 1 N–H and O–H groups in total. The Morgan fingerprint density at radius 2 is 1.90 bits per heavy atom. The first-order valence-corrected chi connectivity index (χ1v) is 10.4. The van der Waals surface area contributed by atoms with Crippen molar-refractivity contribution in [2.45, 2.75) is 42.6 Å². The van der Waals surface area contributed by atoms with Crippen LogP contribution in [0.5, 0.6) is 0 Å². The second kappa shape index (κ2) is 10.7. The van der Waals surface area contributed by atoms with Gasteiger partial charge in [0.2, 0.25) is 5.16 Å². The molecule has 8 nitrogen and oxygen atoms in total. The van der Waals surface area contributed by atoms with Gasteiger partial charge in [-0.1, -0.05) is 61.0 Å². The summed E-state index contributed by atoms with van der Waals surface area (Å²) in [6.45, 7) is 1.85. The molecule has 1 amide bonds. The molecule has 0 aliphatic carbocycles. The Bertz CT molecular complexity index is 999. The smallest absolute Gasteiger partial charge is 0.408 e. The average Bonchev–Trinajstić information content (AvgIpc) is 3.19. The number of hydrogen-bond acceptors (Lipinski definition) is 7. The number of carbonyl (C=O) groups is 2. The van der Waals surface area contributed by atoms with Crippen LogP contribution < -0.4 is 5.32 Å². The molecule has 0 bridgehead atoms. The lowest BCUT2D eigenvalue weighted by Crippen LogP contribution is -2.42. The number of alkyl carbamates (subject to hydrolysis) is 1. The van der Waals surface area contributed by atoms with Gasteiger partial charge in [0, 0.05) is 4.90 Å². The largest absolute Gasteiger partial charge is 0.445 e. The number of nitrogens with one attached hydrogen (secondary N) is 1. The Hall–Kier alpha value is -2.91. The standard InChI is InChI=1S/C20H20ClN5O3S/c1-2-16(22-20(28)29-13-14-8-4-3-5-9-14)17(27)12-26-19(23-24-25-26)30-18-11-7-6-10-15(18)21/h3-11,16H,2,12-13H2,1H3,(H,22,28). The third kappa shape index (κ3) is 6.04. The predicted molar refractivity (Wildman–Crippen MR) is 112 cm³/mol. The van der Waals surface area contributed by atoms with E-state index in [2.05, 4.69) is 20.8 Å². The molecule has 0 saturated heterocycles. The lowest BCUT2D eigenvalue weighted by Gasteiger charge is -2.16. The number of amides is 1. The zero-order chi connectivity index (χ0) is 21.3. The highest BCUT2D eigenvalue weighted by atomic mass is 35.5. The first-order valence-electron chi connectivity index (χ1n) is 9.25. The van der Waals surface area contributed by atoms with Crippen molar-refractivity contribution < 1.29 is 14.3 Å². The topological polar surface area (TPSA) is 99.0 Å². The first kappa shape index (κ1) is 21.8. The second-order valence-corrected chi connectivity index (χ2v) is 7.70. The maximum Gasteiger partial charge on any atom is 0.408 e. The number of nitrogens with zero attached hydrogens (tertiary/aromatic N) is 4. The van der Waals surface area contributed by atoms with Crippen molar-refractivity contribution in [3.63, 3.8) is 0 Å². The van der Waals surface area contributed by atoms with E-state index < -0.39 is 12.1 Å². The molecule has 30 heavy (non-hydrogen) atoms. The molecule has 1 heterocycles. The zero-order valence-electron chi connectivity index (χ0n) is 16.2. The lowest BCUT2D eigenvalue weighted by molar-refractivity contribution is -0.122. The molecule has 0 aliphatic heterocycles. The van der Waals surface area contributed by atoms with E-state index in [1.54, 1.807) is 13.0 Å². The van der Waals surface area contributed by atoms with Crippen LogP contribution in [-0.2, 0) is 22.7 Å². The van der Waals surface area contributed by atoms with Crippen LogP contribution >= 0.6 is 23.4 Å². The van der Waals surface area contributed by atoms with E-state index in [1.807, 2.05) is 48.5 Å². The molecular formula is C20H20ClN5O3S. The van der Waals surface area contributed by atoms with Gasteiger partial charge in [0.25, 0.3) is 0 Å². The number of ketones is 1. The van der Waals surface area contributed by atoms with Gasteiger partial charge in [-0.15, -0.1) is 5.10 Å². The molecule has 0 radical (unpaired) electrons. The van der Waals surface area contributed by atoms with Crippen LogP contribution in [0.4, 0.5) is 4.79 Å². The lowest BCUT2D eigenvalue weighted by atomic mass is 10.1. The molecule has 0 aliphatic rings. The Kier molecular flexibility index (Phi) is 7.81. The van der Waals surface area contributed by atoms with Crippen LogP contribution in [0.15, 0.2) is 64.6 Å². The van der Waals surface area contributed by atoms with E-state index >= 15 is 0 Å². The second-order valence-electron chi connectivity index (χ2n) is 6.28. The van der Waals surface area contributed by atoms with Crippen LogP contribution in [-0.4, -0.2) is 38.1 Å². The Morgan fingerprint density at radius 3 is 2.63 bits per heavy atom. The molecule has 1 unspecified atom stereocenters. The molecule has 0 saturated carbocycles. The summed E-state index contributed by atoms with van der Waals surface area (Å²) in [6.07, 6.45) is -0.240. The van der Waals surface area contributed by atoms with Crippen molar-refractivity contribution in [1.82, 2.24) is 25.5 Å². The minimum atomic E-state index is -0.712. The summed E-state index contributed by atoms with van der Waals surface area (Å²) in [5, 5.41) is 15.1.